The Morgan fingerprint density at radius 2 is 1.72 bits per heavy atom. The van der Waals surface area contributed by atoms with Crippen molar-refractivity contribution in [2.75, 3.05) is 0 Å². The summed E-state index contributed by atoms with van der Waals surface area (Å²) < 4.78 is 0. The SMILES string of the molecule is CC1CC(=Cc2ccc(Cl)cc2)C2=NN(C(=O)c3cccc([N+](=O)[O-])c3)C(c3ccc(Cl)cc3)C2C1. The summed E-state index contributed by atoms with van der Waals surface area (Å²) in [6.07, 6.45) is 3.81. The Balaban J connectivity index is 1.60. The first-order chi connectivity index (χ1) is 17.3. The zero-order valence-electron chi connectivity index (χ0n) is 19.5. The normalized spacial score (nSPS) is 22.3. The zero-order chi connectivity index (χ0) is 25.4. The van der Waals surface area contributed by atoms with Gasteiger partial charge in [0, 0.05) is 33.7 Å². The van der Waals surface area contributed by atoms with Gasteiger partial charge in [0.15, 0.2) is 0 Å². The van der Waals surface area contributed by atoms with Crippen LogP contribution in [0.3, 0.4) is 0 Å². The summed E-state index contributed by atoms with van der Waals surface area (Å²) in [5, 5.41) is 19.0. The number of nitrogens with zero attached hydrogens (tertiary/aromatic N) is 3. The van der Waals surface area contributed by atoms with Gasteiger partial charge in [0.05, 0.1) is 16.7 Å². The van der Waals surface area contributed by atoms with Crippen LogP contribution in [0.15, 0.2) is 83.5 Å². The predicted octanol–water partition coefficient (Wildman–Crippen LogP) is 7.58. The molecule has 1 saturated carbocycles. The molecule has 3 aromatic rings. The molecule has 182 valence electrons. The average Bonchev–Trinajstić information content (AvgIpc) is 3.25. The largest absolute Gasteiger partial charge is 0.274 e. The van der Waals surface area contributed by atoms with Gasteiger partial charge in [-0.1, -0.05) is 60.5 Å². The van der Waals surface area contributed by atoms with Crippen LogP contribution < -0.4 is 0 Å². The number of non-ortho nitro benzene ring substituents is 1. The second-order valence-electron chi connectivity index (χ2n) is 9.31. The minimum absolute atomic E-state index is 0.0175. The first-order valence-corrected chi connectivity index (χ1v) is 12.4. The van der Waals surface area contributed by atoms with Crippen molar-refractivity contribution in [2.24, 2.45) is 16.9 Å². The summed E-state index contributed by atoms with van der Waals surface area (Å²) in [4.78, 5) is 24.6. The highest BCUT2D eigenvalue weighted by Crippen LogP contribution is 2.46. The Kier molecular flexibility index (Phi) is 6.65. The molecule has 0 bridgehead atoms. The van der Waals surface area contributed by atoms with E-state index in [2.05, 4.69) is 13.0 Å². The van der Waals surface area contributed by atoms with Crippen LogP contribution in [0.1, 0.15) is 47.3 Å². The number of amides is 1. The molecule has 0 spiro atoms. The van der Waals surface area contributed by atoms with Crippen LogP contribution in [0.5, 0.6) is 0 Å². The summed E-state index contributed by atoms with van der Waals surface area (Å²) in [5.41, 5.74) is 3.97. The van der Waals surface area contributed by atoms with Crippen molar-refractivity contribution in [1.82, 2.24) is 5.01 Å². The van der Waals surface area contributed by atoms with Gasteiger partial charge in [-0.2, -0.15) is 5.10 Å². The molecule has 6 nitrogen and oxygen atoms in total. The number of hydrogen-bond acceptors (Lipinski definition) is 4. The highest BCUT2D eigenvalue weighted by atomic mass is 35.5. The molecule has 1 aliphatic heterocycles. The van der Waals surface area contributed by atoms with Crippen LogP contribution in [0.4, 0.5) is 5.69 Å². The molecule has 3 atom stereocenters. The maximum Gasteiger partial charge on any atom is 0.274 e. The van der Waals surface area contributed by atoms with Crippen LogP contribution >= 0.6 is 23.2 Å². The molecule has 0 saturated heterocycles. The Morgan fingerprint density at radius 1 is 1.06 bits per heavy atom. The van der Waals surface area contributed by atoms with Gasteiger partial charge >= 0.3 is 0 Å². The molecule has 5 rings (SSSR count). The Morgan fingerprint density at radius 3 is 2.39 bits per heavy atom. The standard InChI is InChI=1S/C28H23Cl2N3O3/c1-17-13-21(15-18-5-9-22(29)10-6-18)26-25(14-17)27(19-7-11-23(30)12-8-19)32(31-26)28(34)20-3-2-4-24(16-20)33(35)36/h2-12,15-17,25,27H,13-14H2,1H3. The molecule has 3 aromatic carbocycles. The lowest BCUT2D eigenvalue weighted by molar-refractivity contribution is -0.384. The maximum atomic E-state index is 13.7. The average molecular weight is 520 g/mol. The number of rotatable bonds is 4. The number of carbonyl (C=O) groups is 1. The fourth-order valence-electron chi connectivity index (χ4n) is 5.10. The fraction of sp³-hybridized carbons (Fsp3) is 0.214. The van der Waals surface area contributed by atoms with Gasteiger partial charge in [-0.05, 0) is 71.9 Å². The first kappa shape index (κ1) is 24.2. The fourth-order valence-corrected chi connectivity index (χ4v) is 5.35. The van der Waals surface area contributed by atoms with Gasteiger partial charge < -0.3 is 0 Å². The minimum atomic E-state index is -0.502. The van der Waals surface area contributed by atoms with Crippen molar-refractivity contribution in [3.63, 3.8) is 0 Å². The van der Waals surface area contributed by atoms with Gasteiger partial charge in [-0.3, -0.25) is 14.9 Å². The molecule has 1 aliphatic carbocycles. The second kappa shape index (κ2) is 9.88. The van der Waals surface area contributed by atoms with Gasteiger partial charge in [0.2, 0.25) is 0 Å². The first-order valence-electron chi connectivity index (χ1n) is 11.7. The third-order valence-electron chi connectivity index (χ3n) is 6.70. The van der Waals surface area contributed by atoms with E-state index in [4.69, 9.17) is 28.3 Å². The number of fused-ring (bicyclic) bond motifs is 1. The zero-order valence-corrected chi connectivity index (χ0v) is 21.0. The third kappa shape index (κ3) is 4.79. The lowest BCUT2D eigenvalue weighted by Crippen LogP contribution is -2.33. The molecule has 0 N–H and O–H groups in total. The van der Waals surface area contributed by atoms with Crippen molar-refractivity contribution in [2.45, 2.75) is 25.8 Å². The molecular formula is C28H23Cl2N3O3. The van der Waals surface area contributed by atoms with Crippen molar-refractivity contribution >= 4 is 46.6 Å². The summed E-state index contributed by atoms with van der Waals surface area (Å²) in [7, 11) is 0. The number of halogens is 2. The van der Waals surface area contributed by atoms with Crippen LogP contribution in [-0.2, 0) is 0 Å². The molecule has 2 aliphatic rings. The van der Waals surface area contributed by atoms with Gasteiger partial charge in [0.25, 0.3) is 11.6 Å². The lowest BCUT2D eigenvalue weighted by Gasteiger charge is -2.32. The highest BCUT2D eigenvalue weighted by Gasteiger charge is 2.45. The predicted molar refractivity (Wildman–Crippen MR) is 142 cm³/mol. The number of allylic oxidation sites excluding steroid dienone is 1. The van der Waals surface area contributed by atoms with E-state index in [0.29, 0.717) is 16.0 Å². The summed E-state index contributed by atoms with van der Waals surface area (Å²) in [5.74, 6) is -0.00895. The summed E-state index contributed by atoms with van der Waals surface area (Å²) >= 11 is 12.2. The molecule has 0 radical (unpaired) electrons. The van der Waals surface area contributed by atoms with Crippen molar-refractivity contribution in [3.8, 4) is 0 Å². The molecular weight excluding hydrogens is 497 g/mol. The molecule has 1 amide bonds. The van der Waals surface area contributed by atoms with Gasteiger partial charge in [0.1, 0.15) is 0 Å². The molecule has 8 heteroatoms. The van der Waals surface area contributed by atoms with Crippen LogP contribution in [0.25, 0.3) is 6.08 Å². The van der Waals surface area contributed by atoms with Crippen LogP contribution in [0, 0.1) is 22.0 Å². The Labute approximate surface area is 219 Å². The van der Waals surface area contributed by atoms with Crippen molar-refractivity contribution in [3.05, 3.63) is 115 Å². The summed E-state index contributed by atoms with van der Waals surface area (Å²) in [6, 6.07) is 20.5. The van der Waals surface area contributed by atoms with Crippen LogP contribution in [-0.4, -0.2) is 21.6 Å². The van der Waals surface area contributed by atoms with Crippen molar-refractivity contribution < 1.29 is 9.72 Å². The number of hydrogen-bond donors (Lipinski definition) is 0. The number of hydrazone groups is 1. The van der Waals surface area contributed by atoms with E-state index in [-0.39, 0.29) is 29.1 Å². The smallest absolute Gasteiger partial charge is 0.267 e. The van der Waals surface area contributed by atoms with Gasteiger partial charge in [-0.25, -0.2) is 5.01 Å². The highest BCUT2D eigenvalue weighted by molar-refractivity contribution is 6.30. The van der Waals surface area contributed by atoms with Crippen molar-refractivity contribution in [1.29, 1.82) is 0 Å². The number of nitro groups is 1. The van der Waals surface area contributed by atoms with E-state index in [0.717, 1.165) is 35.3 Å². The molecule has 3 unspecified atom stereocenters. The van der Waals surface area contributed by atoms with Gasteiger partial charge in [-0.15, -0.1) is 0 Å². The molecule has 1 fully saturated rings. The topological polar surface area (TPSA) is 75.8 Å². The monoisotopic (exact) mass is 519 g/mol. The van der Waals surface area contributed by atoms with E-state index >= 15 is 0 Å². The Hall–Kier alpha value is -3.48. The summed E-state index contributed by atoms with van der Waals surface area (Å²) in [6.45, 7) is 2.20. The Bertz CT molecular complexity index is 1380. The molecule has 36 heavy (non-hydrogen) atoms. The van der Waals surface area contributed by atoms with E-state index in [1.807, 2.05) is 48.5 Å². The quantitative estimate of drug-likeness (QED) is 0.263. The van der Waals surface area contributed by atoms with Crippen LogP contribution in [0.2, 0.25) is 10.0 Å². The molecule has 0 aromatic heterocycles. The maximum absolute atomic E-state index is 13.7. The number of nitro benzene ring substituents is 1. The van der Waals surface area contributed by atoms with E-state index in [1.54, 1.807) is 6.07 Å². The third-order valence-corrected chi connectivity index (χ3v) is 7.20. The van der Waals surface area contributed by atoms with E-state index < -0.39 is 4.92 Å². The van der Waals surface area contributed by atoms with E-state index in [1.165, 1.54) is 23.2 Å². The van der Waals surface area contributed by atoms with E-state index in [9.17, 15) is 14.9 Å². The minimum Gasteiger partial charge on any atom is -0.267 e. The lowest BCUT2D eigenvalue weighted by atomic mass is 9.73. The molecule has 1 heterocycles. The second-order valence-corrected chi connectivity index (χ2v) is 10.2. The number of benzene rings is 3. The number of carbonyl (C=O) groups excluding carboxylic acids is 1.